The Balaban J connectivity index is 1.87. The molecular weight excluding hydrogens is 442 g/mol. The normalized spacial score (nSPS) is 17.2. The topological polar surface area (TPSA) is 76.1 Å². The van der Waals surface area contributed by atoms with E-state index in [0.717, 1.165) is 16.7 Å². The second-order valence-corrected chi connectivity index (χ2v) is 8.79. The van der Waals surface area contributed by atoms with Crippen molar-refractivity contribution in [2.24, 2.45) is 0 Å². The molecule has 4 rings (SSSR count). The molecule has 0 radical (unpaired) electrons. The van der Waals surface area contributed by atoms with Gasteiger partial charge in [-0.1, -0.05) is 68.4 Å². The Hall–Kier alpha value is -4.06. The minimum absolute atomic E-state index is 0.0513. The number of likely N-dealkylation sites (tertiary alicyclic amines) is 1. The fourth-order valence-electron chi connectivity index (χ4n) is 4.40. The molecule has 1 fully saturated rings. The standard InChI is InChI=1S/C29H29NO5/c1-18(2)19-12-14-20(15-13-19)26-25(27(31)21-9-7-10-23(16-21)34-3)28(32)29(33)30(26)17-22-8-5-6-11-24(22)35-4/h5-16,18,26,31H,17H2,1-4H3/b27-25-. The van der Waals surface area contributed by atoms with Crippen molar-refractivity contribution >= 4 is 17.4 Å². The summed E-state index contributed by atoms with van der Waals surface area (Å²) in [4.78, 5) is 28.1. The number of hydrogen-bond donors (Lipinski definition) is 1. The summed E-state index contributed by atoms with van der Waals surface area (Å²) in [5, 5.41) is 11.3. The van der Waals surface area contributed by atoms with Crippen molar-refractivity contribution in [3.05, 3.63) is 101 Å². The molecule has 0 spiro atoms. The number of aliphatic hydroxyl groups is 1. The Kier molecular flexibility index (Phi) is 6.92. The second kappa shape index (κ2) is 10.1. The number of carbonyl (C=O) groups is 2. The number of hydrogen-bond acceptors (Lipinski definition) is 5. The number of Topliss-reactive ketones (excluding diaryl/α,β-unsaturated/α-hetero) is 1. The van der Waals surface area contributed by atoms with E-state index in [2.05, 4.69) is 13.8 Å². The highest BCUT2D eigenvalue weighted by molar-refractivity contribution is 6.46. The van der Waals surface area contributed by atoms with Crippen LogP contribution in [0.3, 0.4) is 0 Å². The van der Waals surface area contributed by atoms with Gasteiger partial charge in [0.2, 0.25) is 0 Å². The highest BCUT2D eigenvalue weighted by Crippen LogP contribution is 2.41. The number of ether oxygens (including phenoxy) is 2. The maximum absolute atomic E-state index is 13.3. The molecule has 0 aliphatic carbocycles. The summed E-state index contributed by atoms with van der Waals surface area (Å²) in [7, 11) is 3.10. The zero-order valence-corrected chi connectivity index (χ0v) is 20.3. The van der Waals surface area contributed by atoms with Crippen molar-refractivity contribution in [1.82, 2.24) is 4.90 Å². The number of amides is 1. The van der Waals surface area contributed by atoms with Crippen LogP contribution in [0.1, 0.15) is 48.1 Å². The molecule has 0 bridgehead atoms. The van der Waals surface area contributed by atoms with Crippen molar-refractivity contribution in [3.8, 4) is 11.5 Å². The molecule has 1 atom stereocenters. The molecule has 1 N–H and O–H groups in total. The van der Waals surface area contributed by atoms with Crippen LogP contribution in [0.5, 0.6) is 11.5 Å². The number of aliphatic hydroxyl groups excluding tert-OH is 1. The summed E-state index contributed by atoms with van der Waals surface area (Å²) in [6, 6.07) is 21.2. The lowest BCUT2D eigenvalue weighted by Crippen LogP contribution is -2.29. The molecule has 1 unspecified atom stereocenters. The van der Waals surface area contributed by atoms with Crippen LogP contribution in [0.15, 0.2) is 78.4 Å². The quantitative estimate of drug-likeness (QED) is 0.282. The van der Waals surface area contributed by atoms with E-state index in [9.17, 15) is 14.7 Å². The van der Waals surface area contributed by atoms with Crippen LogP contribution in [0, 0.1) is 0 Å². The van der Waals surface area contributed by atoms with Crippen molar-refractivity contribution < 1.29 is 24.2 Å². The smallest absolute Gasteiger partial charge is 0.295 e. The summed E-state index contributed by atoms with van der Waals surface area (Å²) in [5.74, 6) is -0.133. The number of methoxy groups -OCH3 is 2. The Morgan fingerprint density at radius 3 is 2.31 bits per heavy atom. The van der Waals surface area contributed by atoms with Gasteiger partial charge in [0.1, 0.15) is 17.3 Å². The summed E-state index contributed by atoms with van der Waals surface area (Å²) < 4.78 is 10.8. The number of nitrogens with zero attached hydrogens (tertiary/aromatic N) is 1. The molecule has 1 aliphatic rings. The Morgan fingerprint density at radius 1 is 0.943 bits per heavy atom. The van der Waals surface area contributed by atoms with Gasteiger partial charge in [0.05, 0.1) is 32.4 Å². The first-order valence-corrected chi connectivity index (χ1v) is 11.5. The zero-order valence-electron chi connectivity index (χ0n) is 20.3. The van der Waals surface area contributed by atoms with Gasteiger partial charge in [-0.3, -0.25) is 9.59 Å². The molecule has 1 heterocycles. The average Bonchev–Trinajstić information content (AvgIpc) is 3.13. The van der Waals surface area contributed by atoms with Crippen molar-refractivity contribution in [2.75, 3.05) is 14.2 Å². The van der Waals surface area contributed by atoms with Gasteiger partial charge in [0.25, 0.3) is 11.7 Å². The summed E-state index contributed by atoms with van der Waals surface area (Å²) in [5.41, 5.74) is 3.11. The van der Waals surface area contributed by atoms with Crippen LogP contribution in [-0.4, -0.2) is 35.9 Å². The van der Waals surface area contributed by atoms with Crippen LogP contribution in [0.25, 0.3) is 5.76 Å². The molecule has 6 nitrogen and oxygen atoms in total. The van der Waals surface area contributed by atoms with Crippen LogP contribution in [0.4, 0.5) is 0 Å². The second-order valence-electron chi connectivity index (χ2n) is 8.79. The molecule has 0 aromatic heterocycles. The van der Waals surface area contributed by atoms with Crippen LogP contribution in [0.2, 0.25) is 0 Å². The lowest BCUT2D eigenvalue weighted by molar-refractivity contribution is -0.140. The number of benzene rings is 3. The van der Waals surface area contributed by atoms with Gasteiger partial charge in [-0.05, 0) is 35.2 Å². The molecule has 1 aliphatic heterocycles. The predicted octanol–water partition coefficient (Wildman–Crippen LogP) is 5.45. The molecule has 0 saturated carbocycles. The third-order valence-electron chi connectivity index (χ3n) is 6.34. The molecule has 3 aromatic carbocycles. The first kappa shape index (κ1) is 24.1. The number of para-hydroxylation sites is 1. The first-order chi connectivity index (χ1) is 16.8. The van der Waals surface area contributed by atoms with Gasteiger partial charge < -0.3 is 19.5 Å². The van der Waals surface area contributed by atoms with Gasteiger partial charge in [-0.2, -0.15) is 0 Å². The lowest BCUT2D eigenvalue weighted by Gasteiger charge is -2.26. The third kappa shape index (κ3) is 4.64. The largest absolute Gasteiger partial charge is 0.507 e. The molecule has 3 aromatic rings. The number of carbonyl (C=O) groups excluding carboxylic acids is 2. The maximum Gasteiger partial charge on any atom is 0.295 e. The third-order valence-corrected chi connectivity index (χ3v) is 6.34. The summed E-state index contributed by atoms with van der Waals surface area (Å²) >= 11 is 0. The Bertz CT molecular complexity index is 1280. The summed E-state index contributed by atoms with van der Waals surface area (Å²) in [6.45, 7) is 4.36. The van der Waals surface area contributed by atoms with E-state index < -0.39 is 17.7 Å². The van der Waals surface area contributed by atoms with Crippen molar-refractivity contribution in [3.63, 3.8) is 0 Å². The van der Waals surface area contributed by atoms with Gasteiger partial charge in [-0.15, -0.1) is 0 Å². The van der Waals surface area contributed by atoms with Crippen molar-refractivity contribution in [1.29, 1.82) is 0 Å². The van der Waals surface area contributed by atoms with Gasteiger partial charge in [0, 0.05) is 11.1 Å². The maximum atomic E-state index is 13.3. The molecule has 1 saturated heterocycles. The van der Waals surface area contributed by atoms with Gasteiger partial charge >= 0.3 is 0 Å². The predicted molar refractivity (Wildman–Crippen MR) is 134 cm³/mol. The average molecular weight is 472 g/mol. The molecular formula is C29H29NO5. The monoisotopic (exact) mass is 471 g/mol. The number of ketones is 1. The van der Waals surface area contributed by atoms with E-state index in [4.69, 9.17) is 9.47 Å². The van der Waals surface area contributed by atoms with Crippen LogP contribution >= 0.6 is 0 Å². The van der Waals surface area contributed by atoms with E-state index >= 15 is 0 Å². The minimum atomic E-state index is -0.757. The molecule has 6 heteroatoms. The molecule has 180 valence electrons. The molecule has 35 heavy (non-hydrogen) atoms. The van der Waals surface area contributed by atoms with Crippen molar-refractivity contribution in [2.45, 2.75) is 32.4 Å². The van der Waals surface area contributed by atoms with Gasteiger partial charge in [-0.25, -0.2) is 0 Å². The number of rotatable bonds is 7. The van der Waals surface area contributed by atoms with Crippen LogP contribution in [-0.2, 0) is 16.1 Å². The highest BCUT2D eigenvalue weighted by atomic mass is 16.5. The van der Waals surface area contributed by atoms with E-state index in [1.165, 1.54) is 12.0 Å². The summed E-state index contributed by atoms with van der Waals surface area (Å²) in [6.07, 6.45) is 0. The van der Waals surface area contributed by atoms with E-state index in [1.54, 1.807) is 31.4 Å². The van der Waals surface area contributed by atoms with E-state index in [-0.39, 0.29) is 17.9 Å². The Labute approximate surface area is 205 Å². The SMILES string of the molecule is COc1cccc(/C(O)=C2/C(=O)C(=O)N(Cc3ccccc3OC)C2c2ccc(C(C)C)cc2)c1. The van der Waals surface area contributed by atoms with E-state index in [1.807, 2.05) is 48.5 Å². The Morgan fingerprint density at radius 2 is 1.66 bits per heavy atom. The lowest BCUT2D eigenvalue weighted by atomic mass is 9.93. The highest BCUT2D eigenvalue weighted by Gasteiger charge is 2.46. The molecule has 1 amide bonds. The van der Waals surface area contributed by atoms with Gasteiger partial charge in [0.15, 0.2) is 0 Å². The zero-order chi connectivity index (χ0) is 25.1. The fourth-order valence-corrected chi connectivity index (χ4v) is 4.40. The fraction of sp³-hybridized carbons (Fsp3) is 0.241. The van der Waals surface area contributed by atoms with Crippen LogP contribution < -0.4 is 9.47 Å². The first-order valence-electron chi connectivity index (χ1n) is 11.5. The van der Waals surface area contributed by atoms with E-state index in [0.29, 0.717) is 23.0 Å². The minimum Gasteiger partial charge on any atom is -0.507 e.